The van der Waals surface area contributed by atoms with Crippen LogP contribution in [0.2, 0.25) is 0 Å². The van der Waals surface area contributed by atoms with Crippen LogP contribution in [-0.4, -0.2) is 35.0 Å². The molecule has 0 atom stereocenters. The number of rotatable bonds is 5. The maximum absolute atomic E-state index is 12.4. The van der Waals surface area contributed by atoms with E-state index in [1.54, 1.807) is 12.1 Å². The molecule has 1 aromatic carbocycles. The third kappa shape index (κ3) is 3.83. The van der Waals surface area contributed by atoms with Crippen molar-refractivity contribution in [1.82, 2.24) is 4.90 Å². The molecule has 0 saturated carbocycles. The number of anilines is 1. The summed E-state index contributed by atoms with van der Waals surface area (Å²) in [5.41, 5.74) is 2.93. The molecule has 0 saturated heterocycles. The van der Waals surface area contributed by atoms with Gasteiger partial charge >= 0.3 is 6.03 Å². The highest BCUT2D eigenvalue weighted by Crippen LogP contribution is 2.19. The molecular weight excluding hydrogens is 338 g/mol. The van der Waals surface area contributed by atoms with Gasteiger partial charge in [-0.25, -0.2) is 9.69 Å². The molecule has 3 rings (SSSR count). The highest BCUT2D eigenvalue weighted by Gasteiger charge is 2.34. The average Bonchev–Trinajstić information content (AvgIpc) is 3.08. The molecule has 1 aliphatic heterocycles. The standard InChI is InChI=1S/C18H17N3O3S/c1-11-3-5-13(6-4-11)19-16(22)10-21-17(23)14(20-18(21)24)9-15-12(2)7-8-25-15/h3-8H,9-10H2,1-2H3,(H,19,22). The van der Waals surface area contributed by atoms with Crippen LogP contribution in [0.1, 0.15) is 16.0 Å². The number of imide groups is 1. The van der Waals surface area contributed by atoms with Crippen molar-refractivity contribution in [2.75, 3.05) is 11.9 Å². The van der Waals surface area contributed by atoms with Gasteiger partial charge < -0.3 is 5.32 Å². The Morgan fingerprint density at radius 2 is 1.88 bits per heavy atom. The van der Waals surface area contributed by atoms with Crippen molar-refractivity contribution in [2.45, 2.75) is 20.3 Å². The zero-order valence-electron chi connectivity index (χ0n) is 13.9. The highest BCUT2D eigenvalue weighted by molar-refractivity contribution is 7.10. The van der Waals surface area contributed by atoms with E-state index in [1.165, 1.54) is 11.3 Å². The van der Waals surface area contributed by atoms with Crippen LogP contribution in [0.15, 0.2) is 40.7 Å². The number of urea groups is 1. The zero-order valence-corrected chi connectivity index (χ0v) is 14.7. The summed E-state index contributed by atoms with van der Waals surface area (Å²) in [6.45, 7) is 3.55. The predicted molar refractivity (Wildman–Crippen MR) is 97.1 cm³/mol. The minimum Gasteiger partial charge on any atom is -0.325 e. The van der Waals surface area contributed by atoms with Crippen LogP contribution >= 0.6 is 11.3 Å². The van der Waals surface area contributed by atoms with E-state index in [9.17, 15) is 14.4 Å². The summed E-state index contributed by atoms with van der Waals surface area (Å²) in [5, 5.41) is 4.60. The lowest BCUT2D eigenvalue weighted by Gasteiger charge is -2.13. The van der Waals surface area contributed by atoms with E-state index in [2.05, 4.69) is 10.3 Å². The zero-order chi connectivity index (χ0) is 18.0. The van der Waals surface area contributed by atoms with E-state index < -0.39 is 17.8 Å². The number of benzene rings is 1. The summed E-state index contributed by atoms with van der Waals surface area (Å²) in [7, 11) is 0. The number of hydrogen-bond donors (Lipinski definition) is 1. The maximum Gasteiger partial charge on any atom is 0.351 e. The molecule has 0 unspecified atom stereocenters. The number of amides is 4. The van der Waals surface area contributed by atoms with Crippen LogP contribution in [0.4, 0.5) is 10.5 Å². The molecule has 4 amide bonds. The SMILES string of the molecule is Cc1ccc(NC(=O)CN2C(=O)N=C(Cc3sccc3C)C2=O)cc1. The van der Waals surface area contributed by atoms with E-state index in [1.807, 2.05) is 37.4 Å². The van der Waals surface area contributed by atoms with Crippen molar-refractivity contribution in [3.05, 3.63) is 51.7 Å². The third-order valence-corrected chi connectivity index (χ3v) is 4.91. The minimum absolute atomic E-state index is 0.179. The van der Waals surface area contributed by atoms with E-state index >= 15 is 0 Å². The van der Waals surface area contributed by atoms with Gasteiger partial charge in [-0.2, -0.15) is 4.99 Å². The predicted octanol–water partition coefficient (Wildman–Crippen LogP) is 2.95. The lowest BCUT2D eigenvalue weighted by atomic mass is 10.1. The first kappa shape index (κ1) is 17.0. The fourth-order valence-electron chi connectivity index (χ4n) is 2.44. The third-order valence-electron chi connectivity index (χ3n) is 3.89. The molecule has 0 aliphatic carbocycles. The first-order valence-electron chi connectivity index (χ1n) is 7.77. The molecular formula is C18H17N3O3S. The van der Waals surface area contributed by atoms with Gasteiger partial charge in [-0.3, -0.25) is 9.59 Å². The second-order valence-electron chi connectivity index (χ2n) is 5.85. The van der Waals surface area contributed by atoms with Gasteiger partial charge in [0.05, 0.1) is 0 Å². The number of aliphatic imine (C=N–C) groups is 1. The van der Waals surface area contributed by atoms with Crippen LogP contribution in [-0.2, 0) is 16.0 Å². The summed E-state index contributed by atoms with van der Waals surface area (Å²) >= 11 is 1.52. The van der Waals surface area contributed by atoms with Crippen LogP contribution < -0.4 is 5.32 Å². The molecule has 1 aliphatic rings. The quantitative estimate of drug-likeness (QED) is 0.895. The summed E-state index contributed by atoms with van der Waals surface area (Å²) in [6.07, 6.45) is 0.310. The number of hydrogen-bond acceptors (Lipinski definition) is 4. The van der Waals surface area contributed by atoms with E-state index in [4.69, 9.17) is 0 Å². The Bertz CT molecular complexity index is 868. The summed E-state index contributed by atoms with van der Waals surface area (Å²) in [6, 6.07) is 8.53. The molecule has 2 heterocycles. The van der Waals surface area contributed by atoms with Crippen molar-refractivity contribution in [3.8, 4) is 0 Å². The van der Waals surface area contributed by atoms with Crippen molar-refractivity contribution in [1.29, 1.82) is 0 Å². The lowest BCUT2D eigenvalue weighted by molar-refractivity contribution is -0.125. The van der Waals surface area contributed by atoms with E-state index in [0.717, 1.165) is 20.9 Å². The summed E-state index contributed by atoms with van der Waals surface area (Å²) in [5.74, 6) is -0.939. The Hall–Kier alpha value is -2.80. The molecule has 0 bridgehead atoms. The smallest absolute Gasteiger partial charge is 0.325 e. The Labute approximate surface area is 149 Å². The van der Waals surface area contributed by atoms with Gasteiger partial charge in [0, 0.05) is 17.0 Å². The van der Waals surface area contributed by atoms with Crippen molar-refractivity contribution in [3.63, 3.8) is 0 Å². The molecule has 6 nitrogen and oxygen atoms in total. The van der Waals surface area contributed by atoms with Gasteiger partial charge in [0.2, 0.25) is 5.91 Å². The number of aryl methyl sites for hydroxylation is 2. The highest BCUT2D eigenvalue weighted by atomic mass is 32.1. The van der Waals surface area contributed by atoms with Crippen molar-refractivity contribution >= 4 is 40.6 Å². The minimum atomic E-state index is -0.687. The first-order valence-corrected chi connectivity index (χ1v) is 8.65. The second kappa shape index (κ2) is 6.98. The van der Waals surface area contributed by atoms with E-state index in [0.29, 0.717) is 12.1 Å². The number of nitrogens with one attached hydrogen (secondary N) is 1. The lowest BCUT2D eigenvalue weighted by Crippen LogP contribution is -2.39. The number of nitrogens with zero attached hydrogens (tertiary/aromatic N) is 2. The largest absolute Gasteiger partial charge is 0.351 e. The monoisotopic (exact) mass is 355 g/mol. The van der Waals surface area contributed by atoms with Gasteiger partial charge in [-0.15, -0.1) is 11.3 Å². The van der Waals surface area contributed by atoms with Crippen LogP contribution in [0, 0.1) is 13.8 Å². The maximum atomic E-state index is 12.4. The molecule has 0 spiro atoms. The molecule has 0 fully saturated rings. The number of carbonyl (C=O) groups excluding carboxylic acids is 3. The number of thiophene rings is 1. The Morgan fingerprint density at radius 3 is 2.52 bits per heavy atom. The first-order chi connectivity index (χ1) is 11.9. The Morgan fingerprint density at radius 1 is 1.16 bits per heavy atom. The van der Waals surface area contributed by atoms with Gasteiger partial charge in [-0.05, 0) is 43.0 Å². The number of carbonyl (C=O) groups is 3. The summed E-state index contributed by atoms with van der Waals surface area (Å²) < 4.78 is 0. The van der Waals surface area contributed by atoms with Crippen LogP contribution in [0.3, 0.4) is 0 Å². The van der Waals surface area contributed by atoms with Crippen LogP contribution in [0.25, 0.3) is 0 Å². The molecule has 128 valence electrons. The Balaban J connectivity index is 1.63. The molecule has 1 N–H and O–H groups in total. The van der Waals surface area contributed by atoms with Gasteiger partial charge in [-0.1, -0.05) is 17.7 Å². The fraction of sp³-hybridized carbons (Fsp3) is 0.222. The molecule has 2 aromatic rings. The molecule has 0 radical (unpaired) electrons. The normalized spacial score (nSPS) is 14.0. The topological polar surface area (TPSA) is 78.8 Å². The van der Waals surface area contributed by atoms with E-state index in [-0.39, 0.29) is 12.3 Å². The molecule has 25 heavy (non-hydrogen) atoms. The molecule has 1 aromatic heterocycles. The molecule has 7 heteroatoms. The van der Waals surface area contributed by atoms with Gasteiger partial charge in [0.1, 0.15) is 12.3 Å². The average molecular weight is 355 g/mol. The fourth-order valence-corrected chi connectivity index (χ4v) is 3.35. The van der Waals surface area contributed by atoms with Gasteiger partial charge in [0.15, 0.2) is 0 Å². The second-order valence-corrected chi connectivity index (χ2v) is 6.85. The Kier molecular flexibility index (Phi) is 4.76. The van der Waals surface area contributed by atoms with Crippen molar-refractivity contribution in [2.24, 2.45) is 4.99 Å². The van der Waals surface area contributed by atoms with Gasteiger partial charge in [0.25, 0.3) is 5.91 Å². The summed E-state index contributed by atoms with van der Waals surface area (Å²) in [4.78, 5) is 42.2. The van der Waals surface area contributed by atoms with Crippen LogP contribution in [0.5, 0.6) is 0 Å². The van der Waals surface area contributed by atoms with Crippen molar-refractivity contribution < 1.29 is 14.4 Å².